The molecule has 30 heavy (non-hydrogen) atoms. The molecule has 3 atom stereocenters. The van der Waals surface area contributed by atoms with Gasteiger partial charge in [-0.3, -0.25) is 10.2 Å². The van der Waals surface area contributed by atoms with Gasteiger partial charge < -0.3 is 20.7 Å². The van der Waals surface area contributed by atoms with Gasteiger partial charge in [0.1, 0.15) is 6.23 Å². The number of ether oxygens (including phenoxy) is 1. The van der Waals surface area contributed by atoms with Crippen molar-refractivity contribution in [2.75, 3.05) is 52.5 Å². The molecular weight excluding hydrogens is 374 g/mol. The number of nitrogens with zero attached hydrogens (tertiary/aromatic N) is 1. The van der Waals surface area contributed by atoms with Gasteiger partial charge in [0.25, 0.3) is 0 Å². The predicted molar refractivity (Wildman–Crippen MR) is 126 cm³/mol. The number of hydrogen-bond acceptors (Lipinski definition) is 6. The maximum absolute atomic E-state index is 6.15. The Balaban J connectivity index is 1.55. The summed E-state index contributed by atoms with van der Waals surface area (Å²) in [4.78, 5) is 2.70. The van der Waals surface area contributed by atoms with Gasteiger partial charge in [0.15, 0.2) is 0 Å². The van der Waals surface area contributed by atoms with Crippen LogP contribution < -0.4 is 21.3 Å². The Hall–Kier alpha value is -0.240. The van der Waals surface area contributed by atoms with Gasteiger partial charge in [-0.1, -0.05) is 48.5 Å². The van der Waals surface area contributed by atoms with Gasteiger partial charge in [0.2, 0.25) is 0 Å². The van der Waals surface area contributed by atoms with Crippen molar-refractivity contribution in [2.45, 2.75) is 79.6 Å². The molecule has 176 valence electrons. The number of rotatable bonds is 6. The SMILES string of the molecule is CC(C)(C)C1CCOC(CC(C)(C)C2CN(CC(C)(C)C3CNCNC3)CCN2)N1. The number of nitrogens with one attached hydrogen (secondary N) is 4. The number of piperazine rings is 1. The highest BCUT2D eigenvalue weighted by molar-refractivity contribution is 4.95. The molecule has 0 aromatic carbocycles. The highest BCUT2D eigenvalue weighted by Crippen LogP contribution is 2.34. The molecule has 6 nitrogen and oxygen atoms in total. The van der Waals surface area contributed by atoms with Crippen LogP contribution in [0.15, 0.2) is 0 Å². The third-order valence-corrected chi connectivity index (χ3v) is 7.84. The highest BCUT2D eigenvalue weighted by Gasteiger charge is 2.40. The Labute approximate surface area is 185 Å². The van der Waals surface area contributed by atoms with Crippen LogP contribution in [-0.2, 0) is 4.74 Å². The molecule has 0 aliphatic carbocycles. The average molecular weight is 424 g/mol. The fraction of sp³-hybridized carbons (Fsp3) is 1.00. The summed E-state index contributed by atoms with van der Waals surface area (Å²) in [5.41, 5.74) is 0.759. The van der Waals surface area contributed by atoms with E-state index in [9.17, 15) is 0 Å². The van der Waals surface area contributed by atoms with E-state index in [-0.39, 0.29) is 17.1 Å². The lowest BCUT2D eigenvalue weighted by atomic mass is 9.76. The molecule has 6 heteroatoms. The largest absolute Gasteiger partial charge is 0.363 e. The molecule has 0 spiro atoms. The molecule has 3 aliphatic heterocycles. The van der Waals surface area contributed by atoms with E-state index < -0.39 is 0 Å². The molecule has 3 saturated heterocycles. The van der Waals surface area contributed by atoms with Crippen LogP contribution in [0.25, 0.3) is 0 Å². The molecule has 3 fully saturated rings. The van der Waals surface area contributed by atoms with Crippen molar-refractivity contribution in [3.8, 4) is 0 Å². The van der Waals surface area contributed by atoms with E-state index >= 15 is 0 Å². The Bertz CT molecular complexity index is 538. The minimum absolute atomic E-state index is 0.158. The van der Waals surface area contributed by atoms with E-state index in [1.807, 2.05) is 0 Å². The van der Waals surface area contributed by atoms with E-state index in [1.165, 1.54) is 6.54 Å². The molecule has 0 aromatic heterocycles. The van der Waals surface area contributed by atoms with Gasteiger partial charge in [0, 0.05) is 58.0 Å². The Morgan fingerprint density at radius 2 is 1.63 bits per heavy atom. The van der Waals surface area contributed by atoms with Crippen molar-refractivity contribution in [3.05, 3.63) is 0 Å². The van der Waals surface area contributed by atoms with Crippen molar-refractivity contribution < 1.29 is 4.74 Å². The summed E-state index contributed by atoms with van der Waals surface area (Å²) in [6.07, 6.45) is 2.31. The van der Waals surface area contributed by atoms with E-state index in [0.29, 0.717) is 23.4 Å². The van der Waals surface area contributed by atoms with Crippen LogP contribution in [0.3, 0.4) is 0 Å². The van der Waals surface area contributed by atoms with Gasteiger partial charge in [-0.15, -0.1) is 0 Å². The summed E-state index contributed by atoms with van der Waals surface area (Å²) in [5, 5.41) is 14.7. The minimum Gasteiger partial charge on any atom is -0.363 e. The van der Waals surface area contributed by atoms with Gasteiger partial charge in [-0.2, -0.15) is 0 Å². The molecular formula is C24H49N5O. The normalized spacial score (nSPS) is 31.1. The number of hydrogen-bond donors (Lipinski definition) is 4. The zero-order valence-electron chi connectivity index (χ0n) is 20.7. The van der Waals surface area contributed by atoms with Crippen LogP contribution in [0.4, 0.5) is 0 Å². The molecule has 0 amide bonds. The first kappa shape index (κ1) is 24.4. The third-order valence-electron chi connectivity index (χ3n) is 7.84. The van der Waals surface area contributed by atoms with Crippen LogP contribution in [0.2, 0.25) is 0 Å². The van der Waals surface area contributed by atoms with Crippen molar-refractivity contribution >= 4 is 0 Å². The first-order valence-corrected chi connectivity index (χ1v) is 12.2. The predicted octanol–water partition coefficient (Wildman–Crippen LogP) is 2.22. The molecule has 0 radical (unpaired) electrons. The first-order valence-electron chi connectivity index (χ1n) is 12.2. The minimum atomic E-state index is 0.158. The summed E-state index contributed by atoms with van der Waals surface area (Å²) in [5.74, 6) is 0.682. The van der Waals surface area contributed by atoms with E-state index in [0.717, 1.165) is 58.8 Å². The zero-order chi connectivity index (χ0) is 22.0. The van der Waals surface area contributed by atoms with Gasteiger partial charge in [-0.25, -0.2) is 0 Å². The van der Waals surface area contributed by atoms with E-state index in [4.69, 9.17) is 4.74 Å². The Morgan fingerprint density at radius 1 is 0.933 bits per heavy atom. The van der Waals surface area contributed by atoms with Crippen molar-refractivity contribution in [3.63, 3.8) is 0 Å². The summed E-state index contributed by atoms with van der Waals surface area (Å²) in [6.45, 7) is 25.3. The van der Waals surface area contributed by atoms with E-state index in [1.54, 1.807) is 0 Å². The maximum Gasteiger partial charge on any atom is 0.108 e. The molecule has 4 N–H and O–H groups in total. The van der Waals surface area contributed by atoms with Gasteiger partial charge in [-0.05, 0) is 35.0 Å². The van der Waals surface area contributed by atoms with Gasteiger partial charge >= 0.3 is 0 Å². The lowest BCUT2D eigenvalue weighted by Gasteiger charge is -2.48. The lowest BCUT2D eigenvalue weighted by molar-refractivity contribution is -0.0652. The second-order valence-corrected chi connectivity index (χ2v) is 12.4. The fourth-order valence-electron chi connectivity index (χ4n) is 5.49. The summed E-state index contributed by atoms with van der Waals surface area (Å²) in [6, 6.07) is 1.02. The molecule has 3 heterocycles. The standard InChI is InChI=1S/C24H49N5O/c1-22(2,3)19-8-11-30-21(28-19)12-23(4,5)20-15-29(10-9-27-20)16-24(6,7)18-13-25-17-26-14-18/h18-21,25-28H,8-17H2,1-7H3. The average Bonchev–Trinajstić information content (AvgIpc) is 2.68. The second kappa shape index (κ2) is 9.72. The summed E-state index contributed by atoms with van der Waals surface area (Å²) in [7, 11) is 0. The Morgan fingerprint density at radius 3 is 2.30 bits per heavy atom. The topological polar surface area (TPSA) is 60.6 Å². The summed E-state index contributed by atoms with van der Waals surface area (Å²) < 4.78 is 6.15. The second-order valence-electron chi connectivity index (χ2n) is 12.4. The van der Waals surface area contributed by atoms with Crippen molar-refractivity contribution in [1.82, 2.24) is 26.2 Å². The molecule has 0 aromatic rings. The molecule has 3 unspecified atom stereocenters. The highest BCUT2D eigenvalue weighted by atomic mass is 16.5. The van der Waals surface area contributed by atoms with Crippen molar-refractivity contribution in [1.29, 1.82) is 0 Å². The Kier molecular flexibility index (Phi) is 7.90. The first-order chi connectivity index (χ1) is 14.0. The maximum atomic E-state index is 6.15. The molecule has 3 rings (SSSR count). The smallest absolute Gasteiger partial charge is 0.108 e. The zero-order valence-corrected chi connectivity index (χ0v) is 20.7. The summed E-state index contributed by atoms with van der Waals surface area (Å²) >= 11 is 0. The monoisotopic (exact) mass is 423 g/mol. The lowest BCUT2D eigenvalue weighted by Crippen LogP contribution is -2.61. The van der Waals surface area contributed by atoms with E-state index in [2.05, 4.69) is 74.6 Å². The molecule has 3 aliphatic rings. The fourth-order valence-corrected chi connectivity index (χ4v) is 5.49. The van der Waals surface area contributed by atoms with Gasteiger partial charge in [0.05, 0.1) is 6.61 Å². The molecule has 0 bridgehead atoms. The quantitative estimate of drug-likeness (QED) is 0.526. The van der Waals surface area contributed by atoms with Crippen molar-refractivity contribution in [2.24, 2.45) is 22.2 Å². The molecule has 0 saturated carbocycles. The van der Waals surface area contributed by atoms with Crippen LogP contribution in [0.1, 0.15) is 61.3 Å². The van der Waals surface area contributed by atoms with Crippen LogP contribution >= 0.6 is 0 Å². The van der Waals surface area contributed by atoms with Crippen LogP contribution in [0, 0.1) is 22.2 Å². The third kappa shape index (κ3) is 6.39. The van der Waals surface area contributed by atoms with Crippen LogP contribution in [0.5, 0.6) is 0 Å². The van der Waals surface area contributed by atoms with Crippen LogP contribution in [-0.4, -0.2) is 75.8 Å².